The van der Waals surface area contributed by atoms with Gasteiger partial charge >= 0.3 is 0 Å². The molecule has 0 aliphatic carbocycles. The monoisotopic (exact) mass is 243 g/mol. The number of thiophene rings is 1. The SMILES string of the molecule is CC(NC1CCS(=O)CC1)c1ccsc1. The fourth-order valence-electron chi connectivity index (χ4n) is 1.93. The molecule has 0 saturated carbocycles. The molecule has 0 radical (unpaired) electrons. The molecule has 1 aromatic rings. The van der Waals surface area contributed by atoms with E-state index in [0.717, 1.165) is 24.3 Å². The zero-order valence-corrected chi connectivity index (χ0v) is 10.6. The van der Waals surface area contributed by atoms with Gasteiger partial charge in [0.1, 0.15) is 0 Å². The fraction of sp³-hybridized carbons (Fsp3) is 0.636. The second-order valence-corrected chi connectivity index (χ2v) is 6.54. The molecule has 84 valence electrons. The third kappa shape index (κ3) is 3.13. The van der Waals surface area contributed by atoms with Crippen molar-refractivity contribution in [2.24, 2.45) is 0 Å². The smallest absolute Gasteiger partial charge is 0.0302 e. The van der Waals surface area contributed by atoms with Crippen LogP contribution >= 0.6 is 11.3 Å². The molecular weight excluding hydrogens is 226 g/mol. The van der Waals surface area contributed by atoms with Crippen LogP contribution in [0, 0.1) is 0 Å². The number of hydrogen-bond acceptors (Lipinski definition) is 3. The summed E-state index contributed by atoms with van der Waals surface area (Å²) < 4.78 is 11.2. The molecule has 1 fully saturated rings. The molecular formula is C11H17NOS2. The summed E-state index contributed by atoms with van der Waals surface area (Å²) in [5, 5.41) is 7.92. The zero-order valence-electron chi connectivity index (χ0n) is 8.94. The first-order valence-corrected chi connectivity index (χ1v) is 7.82. The van der Waals surface area contributed by atoms with Gasteiger partial charge in [-0.25, -0.2) is 0 Å². The molecule has 1 aliphatic heterocycles. The summed E-state index contributed by atoms with van der Waals surface area (Å²) in [6.07, 6.45) is 2.11. The van der Waals surface area contributed by atoms with Crippen LogP contribution < -0.4 is 5.32 Å². The Bertz CT molecular complexity index is 313. The first kappa shape index (κ1) is 11.3. The van der Waals surface area contributed by atoms with Crippen LogP contribution in [-0.2, 0) is 10.8 Å². The summed E-state index contributed by atoms with van der Waals surface area (Å²) in [6, 6.07) is 3.15. The van der Waals surface area contributed by atoms with E-state index >= 15 is 0 Å². The topological polar surface area (TPSA) is 29.1 Å². The molecule has 2 heterocycles. The lowest BCUT2D eigenvalue weighted by atomic mass is 10.1. The van der Waals surface area contributed by atoms with Gasteiger partial charge in [-0.15, -0.1) is 0 Å². The van der Waals surface area contributed by atoms with Gasteiger partial charge in [0.15, 0.2) is 0 Å². The molecule has 0 amide bonds. The van der Waals surface area contributed by atoms with Crippen molar-refractivity contribution in [3.8, 4) is 0 Å². The van der Waals surface area contributed by atoms with Gasteiger partial charge < -0.3 is 5.32 Å². The average Bonchev–Trinajstić information content (AvgIpc) is 2.74. The summed E-state index contributed by atoms with van der Waals surface area (Å²) in [6.45, 7) is 2.20. The Balaban J connectivity index is 1.84. The van der Waals surface area contributed by atoms with Gasteiger partial charge in [-0.3, -0.25) is 4.21 Å². The molecule has 15 heavy (non-hydrogen) atoms. The Morgan fingerprint density at radius 3 is 2.87 bits per heavy atom. The summed E-state index contributed by atoms with van der Waals surface area (Å²) in [7, 11) is -0.550. The first-order chi connectivity index (χ1) is 7.25. The Kier molecular flexibility index (Phi) is 3.94. The molecule has 1 atom stereocenters. The fourth-order valence-corrected chi connectivity index (χ4v) is 3.98. The third-order valence-electron chi connectivity index (χ3n) is 2.92. The summed E-state index contributed by atoms with van der Waals surface area (Å²) in [5.41, 5.74) is 1.37. The van der Waals surface area contributed by atoms with Crippen molar-refractivity contribution in [1.82, 2.24) is 5.32 Å². The molecule has 2 rings (SSSR count). The van der Waals surface area contributed by atoms with Crippen LogP contribution in [0.2, 0.25) is 0 Å². The molecule has 0 spiro atoms. The quantitative estimate of drug-likeness (QED) is 0.882. The Morgan fingerprint density at radius 2 is 2.27 bits per heavy atom. The molecule has 0 aromatic carbocycles. The Labute approximate surface area is 97.5 Å². The van der Waals surface area contributed by atoms with E-state index in [0.29, 0.717) is 12.1 Å². The second-order valence-electron chi connectivity index (χ2n) is 4.07. The standard InChI is InChI=1S/C11H17NOS2/c1-9(10-2-5-14-8-10)12-11-3-6-15(13)7-4-11/h2,5,8-9,11-12H,3-4,6-7H2,1H3. The largest absolute Gasteiger partial charge is 0.307 e. The minimum Gasteiger partial charge on any atom is -0.307 e. The third-order valence-corrected chi connectivity index (χ3v) is 5.00. The van der Waals surface area contributed by atoms with Gasteiger partial charge in [0, 0.05) is 34.4 Å². The van der Waals surface area contributed by atoms with Crippen LogP contribution in [0.1, 0.15) is 31.4 Å². The van der Waals surface area contributed by atoms with E-state index in [1.54, 1.807) is 11.3 Å². The van der Waals surface area contributed by atoms with E-state index in [1.165, 1.54) is 5.56 Å². The lowest BCUT2D eigenvalue weighted by Crippen LogP contribution is -2.37. The molecule has 0 bridgehead atoms. The maximum Gasteiger partial charge on any atom is 0.0302 e. The zero-order chi connectivity index (χ0) is 10.7. The van der Waals surface area contributed by atoms with Crippen molar-refractivity contribution in [1.29, 1.82) is 0 Å². The van der Waals surface area contributed by atoms with Crippen LogP contribution in [0.3, 0.4) is 0 Å². The molecule has 1 saturated heterocycles. The lowest BCUT2D eigenvalue weighted by molar-refractivity contribution is 0.427. The normalized spacial score (nSPS) is 28.9. The van der Waals surface area contributed by atoms with Gasteiger partial charge in [-0.05, 0) is 42.2 Å². The Morgan fingerprint density at radius 1 is 1.53 bits per heavy atom. The predicted octanol–water partition coefficient (Wildman–Crippen LogP) is 2.31. The van der Waals surface area contributed by atoms with Crippen LogP contribution in [0.15, 0.2) is 16.8 Å². The minimum atomic E-state index is -0.550. The van der Waals surface area contributed by atoms with Crippen molar-refractivity contribution >= 4 is 22.1 Å². The van der Waals surface area contributed by atoms with E-state index in [4.69, 9.17) is 0 Å². The van der Waals surface area contributed by atoms with Crippen LogP contribution in [0.25, 0.3) is 0 Å². The number of nitrogens with one attached hydrogen (secondary N) is 1. The maximum absolute atomic E-state index is 11.2. The lowest BCUT2D eigenvalue weighted by Gasteiger charge is -2.26. The van der Waals surface area contributed by atoms with Gasteiger partial charge in [0.25, 0.3) is 0 Å². The van der Waals surface area contributed by atoms with E-state index in [-0.39, 0.29) is 0 Å². The van der Waals surface area contributed by atoms with E-state index in [2.05, 4.69) is 29.1 Å². The predicted molar refractivity (Wildman–Crippen MR) is 66.8 cm³/mol. The van der Waals surface area contributed by atoms with Crippen LogP contribution in [0.4, 0.5) is 0 Å². The van der Waals surface area contributed by atoms with Crippen molar-refractivity contribution in [3.05, 3.63) is 22.4 Å². The Hall–Kier alpha value is -0.190. The number of rotatable bonds is 3. The summed E-state index contributed by atoms with van der Waals surface area (Å²) >= 11 is 1.74. The van der Waals surface area contributed by atoms with E-state index in [9.17, 15) is 4.21 Å². The van der Waals surface area contributed by atoms with Gasteiger partial charge in [0.2, 0.25) is 0 Å². The molecule has 1 aromatic heterocycles. The average molecular weight is 243 g/mol. The van der Waals surface area contributed by atoms with Gasteiger partial charge in [0.05, 0.1) is 0 Å². The van der Waals surface area contributed by atoms with Gasteiger partial charge in [-0.2, -0.15) is 11.3 Å². The minimum absolute atomic E-state index is 0.424. The maximum atomic E-state index is 11.2. The van der Waals surface area contributed by atoms with Crippen molar-refractivity contribution in [2.45, 2.75) is 31.8 Å². The highest BCUT2D eigenvalue weighted by Crippen LogP contribution is 2.19. The second kappa shape index (κ2) is 5.23. The van der Waals surface area contributed by atoms with Crippen molar-refractivity contribution in [3.63, 3.8) is 0 Å². The highest BCUT2D eigenvalue weighted by Gasteiger charge is 2.19. The highest BCUT2D eigenvalue weighted by atomic mass is 32.2. The van der Waals surface area contributed by atoms with E-state index in [1.807, 2.05) is 0 Å². The van der Waals surface area contributed by atoms with Crippen LogP contribution in [-0.4, -0.2) is 21.8 Å². The molecule has 2 nitrogen and oxygen atoms in total. The van der Waals surface area contributed by atoms with Crippen molar-refractivity contribution < 1.29 is 4.21 Å². The summed E-state index contributed by atoms with van der Waals surface area (Å²) in [5.74, 6) is 1.74. The van der Waals surface area contributed by atoms with Gasteiger partial charge in [-0.1, -0.05) is 0 Å². The summed E-state index contributed by atoms with van der Waals surface area (Å²) in [4.78, 5) is 0. The molecule has 1 aliphatic rings. The molecule has 4 heteroatoms. The number of hydrogen-bond donors (Lipinski definition) is 1. The first-order valence-electron chi connectivity index (χ1n) is 5.39. The molecule has 1 N–H and O–H groups in total. The molecule has 1 unspecified atom stereocenters. The highest BCUT2D eigenvalue weighted by molar-refractivity contribution is 7.85. The van der Waals surface area contributed by atoms with E-state index < -0.39 is 10.8 Å². The van der Waals surface area contributed by atoms with Crippen LogP contribution in [0.5, 0.6) is 0 Å². The van der Waals surface area contributed by atoms with Crippen molar-refractivity contribution in [2.75, 3.05) is 11.5 Å².